The number of piperazine rings is 1. The number of hydrogen-bond acceptors (Lipinski definition) is 7. The molecule has 1 aromatic heterocycles. The van der Waals surface area contributed by atoms with Gasteiger partial charge in [-0.2, -0.15) is 0 Å². The molecule has 2 aromatic rings. The third-order valence-corrected chi connectivity index (χ3v) is 5.84. The molecule has 1 saturated heterocycles. The highest BCUT2D eigenvalue weighted by Crippen LogP contribution is 2.38. The van der Waals surface area contributed by atoms with Crippen LogP contribution in [0.3, 0.4) is 0 Å². The predicted octanol–water partition coefficient (Wildman–Crippen LogP) is 4.21. The first kappa shape index (κ1) is 20.7. The van der Waals surface area contributed by atoms with Crippen molar-refractivity contribution in [1.29, 1.82) is 0 Å². The van der Waals surface area contributed by atoms with E-state index in [9.17, 15) is 14.5 Å². The van der Waals surface area contributed by atoms with E-state index in [1.807, 2.05) is 0 Å². The summed E-state index contributed by atoms with van der Waals surface area (Å²) in [6.07, 6.45) is 1.13. The van der Waals surface area contributed by atoms with Gasteiger partial charge in [0.1, 0.15) is 12.1 Å². The molecule has 1 N–H and O–H groups in total. The van der Waals surface area contributed by atoms with Gasteiger partial charge in [-0.25, -0.2) is 14.4 Å². The van der Waals surface area contributed by atoms with Crippen molar-refractivity contribution in [3.05, 3.63) is 44.0 Å². The minimum atomic E-state index is -0.650. The summed E-state index contributed by atoms with van der Waals surface area (Å²) in [5.41, 5.74) is 0.641. The minimum Gasteiger partial charge on any atom is -0.367 e. The second kappa shape index (κ2) is 8.14. The Hall–Kier alpha value is -2.04. The van der Waals surface area contributed by atoms with E-state index < -0.39 is 16.4 Å². The van der Waals surface area contributed by atoms with Gasteiger partial charge in [-0.1, -0.05) is 11.6 Å². The number of likely N-dealkylation sites (N-methyl/N-ethyl adjacent to an activating group) is 1. The van der Waals surface area contributed by atoms with Crippen molar-refractivity contribution in [2.45, 2.75) is 25.9 Å². The molecule has 1 fully saturated rings. The lowest BCUT2D eigenvalue weighted by Crippen LogP contribution is -2.55. The van der Waals surface area contributed by atoms with Crippen molar-refractivity contribution in [3.8, 4) is 0 Å². The van der Waals surface area contributed by atoms with E-state index in [1.165, 1.54) is 12.1 Å². The number of aromatic nitrogens is 2. The zero-order valence-electron chi connectivity index (χ0n) is 15.5. The Labute approximate surface area is 175 Å². The van der Waals surface area contributed by atoms with E-state index in [1.54, 1.807) is 0 Å². The highest BCUT2D eigenvalue weighted by atomic mass is 79.9. The van der Waals surface area contributed by atoms with Gasteiger partial charge in [0, 0.05) is 31.2 Å². The van der Waals surface area contributed by atoms with Gasteiger partial charge in [0.25, 0.3) is 0 Å². The predicted molar refractivity (Wildman–Crippen MR) is 110 cm³/mol. The van der Waals surface area contributed by atoms with Gasteiger partial charge in [0.05, 0.1) is 20.8 Å². The van der Waals surface area contributed by atoms with Crippen LogP contribution in [0, 0.1) is 15.9 Å². The van der Waals surface area contributed by atoms with Crippen molar-refractivity contribution in [2.75, 3.05) is 30.4 Å². The molecule has 1 aliphatic heterocycles. The molecule has 2 heterocycles. The number of nitrogens with zero attached hydrogens (tertiary/aromatic N) is 5. The standard InChI is InChI=1S/C17H19BrClFN6O2/c1-9-6-25(7-10(2)24(9)3)14-5-12(20)11(18)4-13(14)23-17-15(26(27)28)16(19)21-8-22-17/h4-5,8-10H,6-7H2,1-3H3,(H,21,22,23)/t9-,10+. The molecule has 1 aromatic carbocycles. The lowest BCUT2D eigenvalue weighted by molar-refractivity contribution is -0.384. The van der Waals surface area contributed by atoms with E-state index in [-0.39, 0.29) is 27.5 Å². The largest absolute Gasteiger partial charge is 0.367 e. The Kier molecular flexibility index (Phi) is 6.01. The van der Waals surface area contributed by atoms with Crippen LogP contribution in [0.2, 0.25) is 5.15 Å². The topological polar surface area (TPSA) is 87.4 Å². The Morgan fingerprint density at radius 2 is 1.96 bits per heavy atom. The number of benzene rings is 1. The second-order valence-corrected chi connectivity index (χ2v) is 8.01. The van der Waals surface area contributed by atoms with E-state index in [0.29, 0.717) is 24.5 Å². The van der Waals surface area contributed by atoms with Gasteiger partial charge in [-0.05, 0) is 42.9 Å². The number of nitro groups is 1. The first-order valence-electron chi connectivity index (χ1n) is 8.56. The molecule has 0 radical (unpaired) electrons. The van der Waals surface area contributed by atoms with E-state index in [0.717, 1.165) is 6.33 Å². The zero-order chi connectivity index (χ0) is 20.6. The molecule has 0 amide bonds. The van der Waals surface area contributed by atoms with Gasteiger partial charge in [-0.3, -0.25) is 15.0 Å². The SMILES string of the molecule is C[C@@H]1CN(c2cc(F)c(Br)cc2Nc2ncnc(Cl)c2[N+](=O)[O-])C[C@H](C)N1C. The molecule has 2 atom stereocenters. The third kappa shape index (κ3) is 4.03. The van der Waals surface area contributed by atoms with Crippen LogP contribution in [0.4, 0.5) is 27.3 Å². The fourth-order valence-corrected chi connectivity index (χ4v) is 3.78. The van der Waals surface area contributed by atoms with Gasteiger partial charge in [0.15, 0.2) is 0 Å². The maximum Gasteiger partial charge on any atom is 0.348 e. The quantitative estimate of drug-likeness (QED) is 0.404. The maximum absolute atomic E-state index is 14.3. The van der Waals surface area contributed by atoms with Crippen LogP contribution in [0.1, 0.15) is 13.8 Å². The molecular formula is C17H19BrClFN6O2. The Morgan fingerprint density at radius 1 is 1.32 bits per heavy atom. The average Bonchev–Trinajstić information content (AvgIpc) is 2.62. The van der Waals surface area contributed by atoms with Crippen LogP contribution in [0.5, 0.6) is 0 Å². The van der Waals surface area contributed by atoms with Crippen LogP contribution in [0.15, 0.2) is 22.9 Å². The van der Waals surface area contributed by atoms with Gasteiger partial charge in [0.2, 0.25) is 11.0 Å². The first-order valence-corrected chi connectivity index (χ1v) is 9.74. The first-order chi connectivity index (χ1) is 13.2. The van der Waals surface area contributed by atoms with Crippen LogP contribution < -0.4 is 10.2 Å². The minimum absolute atomic E-state index is 0.0556. The summed E-state index contributed by atoms with van der Waals surface area (Å²) < 4.78 is 14.6. The molecule has 0 spiro atoms. The summed E-state index contributed by atoms with van der Waals surface area (Å²) in [4.78, 5) is 22.7. The van der Waals surface area contributed by atoms with Gasteiger partial charge >= 0.3 is 5.69 Å². The van der Waals surface area contributed by atoms with Crippen LogP contribution in [-0.4, -0.2) is 52.0 Å². The molecule has 8 nitrogen and oxygen atoms in total. The number of rotatable bonds is 4. The van der Waals surface area contributed by atoms with Gasteiger partial charge in [-0.15, -0.1) is 0 Å². The van der Waals surface area contributed by atoms with Crippen molar-refractivity contribution < 1.29 is 9.31 Å². The molecule has 0 bridgehead atoms. The summed E-state index contributed by atoms with van der Waals surface area (Å²) in [5, 5.41) is 14.0. The summed E-state index contributed by atoms with van der Waals surface area (Å²) in [6.45, 7) is 5.56. The van der Waals surface area contributed by atoms with E-state index in [4.69, 9.17) is 11.6 Å². The van der Waals surface area contributed by atoms with Crippen molar-refractivity contribution in [1.82, 2.24) is 14.9 Å². The number of hydrogen-bond donors (Lipinski definition) is 1. The summed E-state index contributed by atoms with van der Waals surface area (Å²) in [7, 11) is 2.06. The molecule has 0 aliphatic carbocycles. The smallest absolute Gasteiger partial charge is 0.348 e. The molecule has 0 saturated carbocycles. The Bertz CT molecular complexity index is 905. The summed E-state index contributed by atoms with van der Waals surface area (Å²) in [6, 6.07) is 3.46. The van der Waals surface area contributed by atoms with Crippen molar-refractivity contribution in [2.24, 2.45) is 0 Å². The van der Waals surface area contributed by atoms with Crippen LogP contribution in [0.25, 0.3) is 0 Å². The van der Waals surface area contributed by atoms with Crippen LogP contribution in [-0.2, 0) is 0 Å². The highest BCUT2D eigenvalue weighted by molar-refractivity contribution is 9.10. The number of nitrogens with one attached hydrogen (secondary N) is 1. The van der Waals surface area contributed by atoms with Gasteiger partial charge < -0.3 is 10.2 Å². The molecule has 28 heavy (non-hydrogen) atoms. The van der Waals surface area contributed by atoms with Crippen LogP contribution >= 0.6 is 27.5 Å². The third-order valence-electron chi connectivity index (χ3n) is 4.95. The fourth-order valence-electron chi connectivity index (χ4n) is 3.24. The number of anilines is 3. The summed E-state index contributed by atoms with van der Waals surface area (Å²) >= 11 is 9.05. The molecule has 1 aliphatic rings. The fraction of sp³-hybridized carbons (Fsp3) is 0.412. The Balaban J connectivity index is 2.04. The summed E-state index contributed by atoms with van der Waals surface area (Å²) in [5.74, 6) is -0.477. The monoisotopic (exact) mass is 472 g/mol. The second-order valence-electron chi connectivity index (χ2n) is 6.80. The molecule has 11 heteroatoms. The maximum atomic E-state index is 14.3. The number of halogens is 3. The molecule has 150 valence electrons. The molecule has 0 unspecified atom stereocenters. The zero-order valence-corrected chi connectivity index (χ0v) is 17.8. The van der Waals surface area contributed by atoms with Crippen molar-refractivity contribution >= 4 is 50.4 Å². The van der Waals surface area contributed by atoms with E-state index in [2.05, 4.69) is 61.9 Å². The molecular weight excluding hydrogens is 455 g/mol. The Morgan fingerprint density at radius 3 is 2.57 bits per heavy atom. The lowest BCUT2D eigenvalue weighted by atomic mass is 10.1. The van der Waals surface area contributed by atoms with E-state index >= 15 is 0 Å². The average molecular weight is 474 g/mol. The highest BCUT2D eigenvalue weighted by Gasteiger charge is 2.29. The lowest BCUT2D eigenvalue weighted by Gasteiger charge is -2.44. The van der Waals surface area contributed by atoms with Crippen molar-refractivity contribution in [3.63, 3.8) is 0 Å². The molecule has 3 rings (SSSR count). The normalized spacial score (nSPS) is 20.3.